The molecule has 0 amide bonds. The maximum absolute atomic E-state index is 10.1. The van der Waals surface area contributed by atoms with Gasteiger partial charge in [0.2, 0.25) is 0 Å². The smallest absolute Gasteiger partial charge is 0.313 e. The zero-order valence-corrected chi connectivity index (χ0v) is 7.68. The summed E-state index contributed by atoms with van der Waals surface area (Å²) in [5.74, 6) is -0.227. The molecule has 0 radical (unpaired) electrons. The Morgan fingerprint density at radius 2 is 2.58 bits per heavy atom. The molecule has 0 aliphatic carbocycles. The summed E-state index contributed by atoms with van der Waals surface area (Å²) in [6.45, 7) is 0. The standard InChI is InChI=1S/C6H7ClN2O2S/c7-5-1-8-9(2-5)4-12-3-6(10)11/h1-2H,3-4H2,(H,10,11). The molecule has 0 aliphatic heterocycles. The van der Waals surface area contributed by atoms with Gasteiger partial charge < -0.3 is 5.11 Å². The van der Waals surface area contributed by atoms with Crippen LogP contribution in [0.4, 0.5) is 0 Å². The first-order valence-electron chi connectivity index (χ1n) is 3.16. The molecule has 0 atom stereocenters. The Morgan fingerprint density at radius 3 is 3.08 bits per heavy atom. The van der Waals surface area contributed by atoms with Crippen LogP contribution in [-0.4, -0.2) is 26.6 Å². The lowest BCUT2D eigenvalue weighted by atomic mass is 10.7. The number of carboxylic acid groups (broad SMARTS) is 1. The van der Waals surface area contributed by atoms with Crippen LogP contribution in [0.1, 0.15) is 0 Å². The third-order valence-corrected chi connectivity index (χ3v) is 2.14. The van der Waals surface area contributed by atoms with E-state index in [0.717, 1.165) is 0 Å². The van der Waals surface area contributed by atoms with Crippen molar-refractivity contribution in [3.05, 3.63) is 17.4 Å². The Labute approximate surface area is 78.5 Å². The summed E-state index contributed by atoms with van der Waals surface area (Å²) in [5, 5.41) is 12.8. The molecule has 0 bridgehead atoms. The lowest BCUT2D eigenvalue weighted by molar-refractivity contribution is -0.133. The maximum atomic E-state index is 10.1. The predicted molar refractivity (Wildman–Crippen MR) is 47.3 cm³/mol. The molecular weight excluding hydrogens is 200 g/mol. The van der Waals surface area contributed by atoms with Gasteiger partial charge in [0.1, 0.15) is 0 Å². The number of rotatable bonds is 4. The first-order valence-corrected chi connectivity index (χ1v) is 4.69. The van der Waals surface area contributed by atoms with E-state index in [-0.39, 0.29) is 5.75 Å². The molecular formula is C6H7ClN2O2S. The molecule has 0 unspecified atom stereocenters. The van der Waals surface area contributed by atoms with E-state index in [2.05, 4.69) is 5.10 Å². The number of halogens is 1. The van der Waals surface area contributed by atoms with Crippen molar-refractivity contribution >= 4 is 29.3 Å². The summed E-state index contributed by atoms with van der Waals surface area (Å²) in [4.78, 5) is 10.1. The number of carbonyl (C=O) groups is 1. The molecule has 0 fully saturated rings. The van der Waals surface area contributed by atoms with Crippen LogP contribution in [0, 0.1) is 0 Å². The monoisotopic (exact) mass is 206 g/mol. The van der Waals surface area contributed by atoms with Gasteiger partial charge in [-0.25, -0.2) is 0 Å². The fourth-order valence-corrected chi connectivity index (χ4v) is 1.39. The van der Waals surface area contributed by atoms with E-state index >= 15 is 0 Å². The van der Waals surface area contributed by atoms with Crippen LogP contribution in [0.5, 0.6) is 0 Å². The average molecular weight is 207 g/mol. The van der Waals surface area contributed by atoms with Gasteiger partial charge in [0.05, 0.1) is 22.8 Å². The highest BCUT2D eigenvalue weighted by Gasteiger charge is 1.98. The molecule has 66 valence electrons. The number of thioether (sulfide) groups is 1. The van der Waals surface area contributed by atoms with E-state index in [0.29, 0.717) is 10.9 Å². The second-order valence-electron chi connectivity index (χ2n) is 2.07. The molecule has 4 nitrogen and oxygen atoms in total. The van der Waals surface area contributed by atoms with Gasteiger partial charge in [-0.1, -0.05) is 11.6 Å². The zero-order chi connectivity index (χ0) is 8.97. The summed E-state index contributed by atoms with van der Waals surface area (Å²) in [5.41, 5.74) is 0. The lowest BCUT2D eigenvalue weighted by Gasteiger charge is -1.97. The Kier molecular flexibility index (Phi) is 3.43. The summed E-state index contributed by atoms with van der Waals surface area (Å²) < 4.78 is 1.59. The Morgan fingerprint density at radius 1 is 1.83 bits per heavy atom. The molecule has 0 spiro atoms. The largest absolute Gasteiger partial charge is 0.481 e. The van der Waals surface area contributed by atoms with E-state index in [1.54, 1.807) is 10.9 Å². The van der Waals surface area contributed by atoms with E-state index in [4.69, 9.17) is 16.7 Å². The van der Waals surface area contributed by atoms with Gasteiger partial charge in [-0.15, -0.1) is 11.8 Å². The molecule has 1 aromatic heterocycles. The maximum Gasteiger partial charge on any atom is 0.313 e. The number of nitrogens with zero attached hydrogens (tertiary/aromatic N) is 2. The van der Waals surface area contributed by atoms with Crippen LogP contribution in [0.2, 0.25) is 5.02 Å². The second kappa shape index (κ2) is 4.37. The SMILES string of the molecule is O=C(O)CSCn1cc(Cl)cn1. The third kappa shape index (κ3) is 3.15. The number of aromatic nitrogens is 2. The third-order valence-electron chi connectivity index (χ3n) is 1.05. The summed E-state index contributed by atoms with van der Waals surface area (Å²) in [6, 6.07) is 0. The van der Waals surface area contributed by atoms with Crippen molar-refractivity contribution in [2.45, 2.75) is 5.88 Å². The van der Waals surface area contributed by atoms with Crippen LogP contribution in [-0.2, 0) is 10.7 Å². The Bertz CT molecular complexity index is 276. The fraction of sp³-hybridized carbons (Fsp3) is 0.333. The normalized spacial score (nSPS) is 10.1. The first kappa shape index (κ1) is 9.41. The quantitative estimate of drug-likeness (QED) is 0.807. The number of hydrogen-bond acceptors (Lipinski definition) is 3. The highest BCUT2D eigenvalue weighted by Crippen LogP contribution is 2.08. The van der Waals surface area contributed by atoms with Crippen LogP contribution < -0.4 is 0 Å². The average Bonchev–Trinajstić information content (AvgIpc) is 2.35. The number of hydrogen-bond donors (Lipinski definition) is 1. The van der Waals surface area contributed by atoms with Gasteiger partial charge in [-0.05, 0) is 0 Å². The highest BCUT2D eigenvalue weighted by molar-refractivity contribution is 7.98. The highest BCUT2D eigenvalue weighted by atomic mass is 35.5. The zero-order valence-electron chi connectivity index (χ0n) is 6.11. The van der Waals surface area contributed by atoms with Gasteiger partial charge in [-0.3, -0.25) is 9.48 Å². The topological polar surface area (TPSA) is 55.1 Å². The molecule has 0 aromatic carbocycles. The molecule has 1 N–H and O–H groups in total. The Balaban J connectivity index is 2.29. The first-order chi connectivity index (χ1) is 5.68. The van der Waals surface area contributed by atoms with Gasteiger partial charge >= 0.3 is 5.97 Å². The minimum atomic E-state index is -0.821. The minimum Gasteiger partial charge on any atom is -0.481 e. The van der Waals surface area contributed by atoms with E-state index in [1.165, 1.54) is 18.0 Å². The number of carboxylic acids is 1. The van der Waals surface area contributed by atoms with Gasteiger partial charge in [0.25, 0.3) is 0 Å². The van der Waals surface area contributed by atoms with Crippen LogP contribution >= 0.6 is 23.4 Å². The van der Waals surface area contributed by atoms with Crippen molar-refractivity contribution in [3.8, 4) is 0 Å². The molecule has 1 rings (SSSR count). The Hall–Kier alpha value is -0.680. The molecule has 1 aromatic rings. The summed E-state index contributed by atoms with van der Waals surface area (Å²) >= 11 is 6.86. The molecule has 1 heterocycles. The van der Waals surface area contributed by atoms with Crippen molar-refractivity contribution in [3.63, 3.8) is 0 Å². The predicted octanol–water partition coefficient (Wildman–Crippen LogP) is 1.31. The van der Waals surface area contributed by atoms with E-state index < -0.39 is 5.97 Å². The van der Waals surface area contributed by atoms with Crippen molar-refractivity contribution in [1.29, 1.82) is 0 Å². The number of aliphatic carboxylic acids is 1. The summed E-state index contributed by atoms with van der Waals surface area (Å²) in [7, 11) is 0. The van der Waals surface area contributed by atoms with Crippen LogP contribution in [0.3, 0.4) is 0 Å². The van der Waals surface area contributed by atoms with Crippen LogP contribution in [0.25, 0.3) is 0 Å². The molecule has 6 heteroatoms. The van der Waals surface area contributed by atoms with E-state index in [9.17, 15) is 4.79 Å². The van der Waals surface area contributed by atoms with Crippen molar-refractivity contribution in [2.75, 3.05) is 5.75 Å². The van der Waals surface area contributed by atoms with E-state index in [1.807, 2.05) is 0 Å². The molecule has 12 heavy (non-hydrogen) atoms. The van der Waals surface area contributed by atoms with Crippen molar-refractivity contribution < 1.29 is 9.90 Å². The summed E-state index contributed by atoms with van der Waals surface area (Å²) in [6.07, 6.45) is 3.17. The second-order valence-corrected chi connectivity index (χ2v) is 3.46. The molecule has 0 saturated heterocycles. The van der Waals surface area contributed by atoms with Crippen LogP contribution in [0.15, 0.2) is 12.4 Å². The molecule has 0 saturated carbocycles. The lowest BCUT2D eigenvalue weighted by Crippen LogP contribution is -2.01. The fourth-order valence-electron chi connectivity index (χ4n) is 0.635. The van der Waals surface area contributed by atoms with Gasteiger partial charge in [0, 0.05) is 6.20 Å². The minimum absolute atomic E-state index is 0.0808. The van der Waals surface area contributed by atoms with Crippen molar-refractivity contribution in [2.24, 2.45) is 0 Å². The van der Waals surface area contributed by atoms with Gasteiger partial charge in [0.15, 0.2) is 0 Å². The van der Waals surface area contributed by atoms with Gasteiger partial charge in [-0.2, -0.15) is 5.10 Å². The van der Waals surface area contributed by atoms with Crippen molar-refractivity contribution in [1.82, 2.24) is 9.78 Å². The molecule has 0 aliphatic rings.